The van der Waals surface area contributed by atoms with Crippen molar-refractivity contribution in [2.45, 2.75) is 31.7 Å². The summed E-state index contributed by atoms with van der Waals surface area (Å²) in [6, 6.07) is 2.41. The normalized spacial score (nSPS) is 20.1. The second kappa shape index (κ2) is 8.72. The third kappa shape index (κ3) is 3.88. The number of fused-ring (bicyclic) bond motifs is 4. The zero-order chi connectivity index (χ0) is 24.1. The van der Waals surface area contributed by atoms with E-state index in [0.717, 1.165) is 65.9 Å². The van der Waals surface area contributed by atoms with Crippen molar-refractivity contribution in [1.82, 2.24) is 34.9 Å². The second-order valence-electron chi connectivity index (χ2n) is 9.51. The molecule has 1 saturated heterocycles. The Labute approximate surface area is 206 Å². The van der Waals surface area contributed by atoms with E-state index in [-0.39, 0.29) is 5.92 Å². The van der Waals surface area contributed by atoms with Crippen molar-refractivity contribution in [1.29, 1.82) is 0 Å². The Hall–Kier alpha value is -3.31. The van der Waals surface area contributed by atoms with Crippen molar-refractivity contribution in [2.75, 3.05) is 39.6 Å². The van der Waals surface area contributed by atoms with Crippen molar-refractivity contribution >= 4 is 50.0 Å². The topological polar surface area (TPSA) is 112 Å². The molecule has 1 fully saturated rings. The minimum atomic E-state index is 0.0358. The van der Waals surface area contributed by atoms with Crippen molar-refractivity contribution in [3.63, 3.8) is 0 Å². The molecule has 2 aliphatic rings. The van der Waals surface area contributed by atoms with Gasteiger partial charge in [-0.05, 0) is 51.4 Å². The fourth-order valence-corrected chi connectivity index (χ4v) is 6.54. The first-order valence-corrected chi connectivity index (χ1v) is 12.7. The Morgan fingerprint density at radius 2 is 2.20 bits per heavy atom. The fourth-order valence-electron chi connectivity index (χ4n) is 5.27. The lowest BCUT2D eigenvalue weighted by Gasteiger charge is -2.27. The van der Waals surface area contributed by atoms with E-state index in [9.17, 15) is 4.79 Å². The molecule has 2 N–H and O–H groups in total. The van der Waals surface area contributed by atoms with E-state index in [1.807, 2.05) is 6.07 Å². The number of pyridine rings is 1. The molecule has 11 heteroatoms. The van der Waals surface area contributed by atoms with Crippen LogP contribution in [0.4, 0.5) is 11.5 Å². The molecule has 4 aromatic rings. The van der Waals surface area contributed by atoms with Gasteiger partial charge in [0, 0.05) is 35.3 Å². The van der Waals surface area contributed by atoms with E-state index >= 15 is 0 Å². The molecule has 2 atom stereocenters. The van der Waals surface area contributed by atoms with Crippen LogP contribution in [0, 0.1) is 5.92 Å². The van der Waals surface area contributed by atoms with Crippen LogP contribution in [0.2, 0.25) is 0 Å². The van der Waals surface area contributed by atoms with Gasteiger partial charge in [-0.1, -0.05) is 0 Å². The zero-order valence-corrected chi connectivity index (χ0v) is 20.9. The first kappa shape index (κ1) is 22.2. The number of aryl methyl sites for hydroxylation is 1. The van der Waals surface area contributed by atoms with Gasteiger partial charge in [-0.15, -0.1) is 11.3 Å². The summed E-state index contributed by atoms with van der Waals surface area (Å²) >= 11 is 1.68. The summed E-state index contributed by atoms with van der Waals surface area (Å²) in [5.41, 5.74) is 2.63. The monoisotopic (exact) mass is 492 g/mol. The summed E-state index contributed by atoms with van der Waals surface area (Å²) in [7, 11) is 5.78. The predicted molar refractivity (Wildman–Crippen MR) is 135 cm³/mol. The van der Waals surface area contributed by atoms with Crippen LogP contribution in [0.15, 0.2) is 18.6 Å². The molecule has 1 amide bonds. The molecule has 0 aromatic carbocycles. The standard InChI is InChI=1S/C24H28N8O2S/c1-31(2)15-6-7-32(11-15)24(33)13-4-5-16-18(9-13)35-23-19(16)21(25-12-26-23)28-17-8-14-10-27-30-20(14)29-22(17)34-3/h8,10,12-13,15H,4-7,9,11H2,1-3H3,(H,25,26,28)(H,27,29,30)/t13-,15-/m0/s1. The van der Waals surface area contributed by atoms with Crippen LogP contribution < -0.4 is 10.1 Å². The number of H-pyrrole nitrogens is 1. The maximum Gasteiger partial charge on any atom is 0.239 e. The highest BCUT2D eigenvalue weighted by Gasteiger charge is 2.35. The molecular formula is C24H28N8O2S. The summed E-state index contributed by atoms with van der Waals surface area (Å²) in [5.74, 6) is 1.53. The minimum Gasteiger partial charge on any atom is -0.479 e. The van der Waals surface area contributed by atoms with Crippen LogP contribution in [0.1, 0.15) is 23.3 Å². The van der Waals surface area contributed by atoms with Crippen LogP contribution in [0.5, 0.6) is 5.88 Å². The average Bonchev–Trinajstić information content (AvgIpc) is 3.60. The molecule has 1 aliphatic heterocycles. The van der Waals surface area contributed by atoms with E-state index in [2.05, 4.69) is 54.4 Å². The molecule has 6 rings (SSSR count). The van der Waals surface area contributed by atoms with Gasteiger partial charge in [0.25, 0.3) is 0 Å². The Bertz CT molecular complexity index is 1410. The van der Waals surface area contributed by atoms with Gasteiger partial charge in [-0.2, -0.15) is 10.1 Å². The average molecular weight is 493 g/mol. The first-order chi connectivity index (χ1) is 17.0. The summed E-state index contributed by atoms with van der Waals surface area (Å²) in [6.45, 7) is 1.69. The Morgan fingerprint density at radius 1 is 1.31 bits per heavy atom. The lowest BCUT2D eigenvalue weighted by Crippen LogP contribution is -2.39. The number of aromatic nitrogens is 5. The van der Waals surface area contributed by atoms with Crippen LogP contribution >= 0.6 is 11.3 Å². The Morgan fingerprint density at radius 3 is 3.00 bits per heavy atom. The number of ether oxygens (including phenoxy) is 1. The minimum absolute atomic E-state index is 0.0358. The molecule has 0 spiro atoms. The largest absolute Gasteiger partial charge is 0.479 e. The summed E-state index contributed by atoms with van der Waals surface area (Å²) in [6.07, 6.45) is 6.82. The number of carbonyl (C=O) groups excluding carboxylic acids is 1. The molecule has 4 aromatic heterocycles. The number of nitrogens with zero attached hydrogens (tertiary/aromatic N) is 6. The van der Waals surface area contributed by atoms with E-state index in [4.69, 9.17) is 4.74 Å². The molecule has 10 nitrogen and oxygen atoms in total. The van der Waals surface area contributed by atoms with Gasteiger partial charge in [-0.25, -0.2) is 9.97 Å². The number of carbonyl (C=O) groups is 1. The van der Waals surface area contributed by atoms with Crippen molar-refractivity contribution < 1.29 is 9.53 Å². The van der Waals surface area contributed by atoms with Crippen molar-refractivity contribution in [3.8, 4) is 5.88 Å². The number of hydrogen-bond donors (Lipinski definition) is 2. The molecule has 35 heavy (non-hydrogen) atoms. The van der Waals surface area contributed by atoms with Crippen LogP contribution in [-0.2, 0) is 17.6 Å². The smallest absolute Gasteiger partial charge is 0.239 e. The number of amides is 1. The number of likely N-dealkylation sites (tertiary alicyclic amines) is 1. The highest BCUT2D eigenvalue weighted by atomic mass is 32.1. The number of hydrogen-bond acceptors (Lipinski definition) is 9. The third-order valence-electron chi connectivity index (χ3n) is 7.24. The first-order valence-electron chi connectivity index (χ1n) is 11.9. The summed E-state index contributed by atoms with van der Waals surface area (Å²) < 4.78 is 5.51. The molecule has 5 heterocycles. The van der Waals surface area contributed by atoms with Crippen molar-refractivity contribution in [2.24, 2.45) is 5.92 Å². The maximum atomic E-state index is 13.3. The summed E-state index contributed by atoms with van der Waals surface area (Å²) in [4.78, 5) is 33.4. The predicted octanol–water partition coefficient (Wildman–Crippen LogP) is 2.98. The van der Waals surface area contributed by atoms with Gasteiger partial charge in [0.05, 0.1) is 18.7 Å². The molecular weight excluding hydrogens is 464 g/mol. The zero-order valence-electron chi connectivity index (χ0n) is 20.0. The Kier molecular flexibility index (Phi) is 5.53. The van der Waals surface area contributed by atoms with E-state index in [1.54, 1.807) is 31.0 Å². The molecule has 0 saturated carbocycles. The van der Waals surface area contributed by atoms with E-state index in [0.29, 0.717) is 23.5 Å². The molecule has 0 unspecified atom stereocenters. The number of likely N-dealkylation sites (N-methyl/N-ethyl adjacent to an activating group) is 1. The van der Waals surface area contributed by atoms with Crippen molar-refractivity contribution in [3.05, 3.63) is 29.0 Å². The number of nitrogens with one attached hydrogen (secondary N) is 2. The van der Waals surface area contributed by atoms with Gasteiger partial charge in [0.15, 0.2) is 5.65 Å². The fraction of sp³-hybridized carbons (Fsp3) is 0.458. The number of rotatable bonds is 5. The second-order valence-corrected chi connectivity index (χ2v) is 10.6. The molecule has 182 valence electrons. The number of methoxy groups -OCH3 is 1. The highest BCUT2D eigenvalue weighted by molar-refractivity contribution is 7.19. The Balaban J connectivity index is 1.28. The van der Waals surface area contributed by atoms with Crippen LogP contribution in [-0.4, -0.2) is 81.2 Å². The van der Waals surface area contributed by atoms with Crippen LogP contribution in [0.3, 0.4) is 0 Å². The van der Waals surface area contributed by atoms with Gasteiger partial charge in [0.2, 0.25) is 11.8 Å². The number of aromatic amines is 1. The van der Waals surface area contributed by atoms with Gasteiger partial charge in [-0.3, -0.25) is 9.89 Å². The molecule has 0 radical (unpaired) electrons. The lowest BCUT2D eigenvalue weighted by molar-refractivity contribution is -0.134. The quantitative estimate of drug-likeness (QED) is 0.437. The van der Waals surface area contributed by atoms with E-state index in [1.165, 1.54) is 10.4 Å². The SMILES string of the molecule is COc1nc2[nH]ncc2cc1Nc1ncnc2sc3c(c12)CC[C@H](C(=O)N1CC[C@H](N(C)C)C1)C3. The third-order valence-corrected chi connectivity index (χ3v) is 8.40. The van der Waals surface area contributed by atoms with E-state index < -0.39 is 0 Å². The van der Waals surface area contributed by atoms with Gasteiger partial charge in [0.1, 0.15) is 22.7 Å². The number of anilines is 2. The maximum absolute atomic E-state index is 13.3. The summed E-state index contributed by atoms with van der Waals surface area (Å²) in [5, 5.41) is 12.3. The van der Waals surface area contributed by atoms with Gasteiger partial charge < -0.3 is 19.9 Å². The van der Waals surface area contributed by atoms with Crippen LogP contribution in [0.25, 0.3) is 21.3 Å². The molecule has 0 bridgehead atoms. The number of thiophene rings is 1. The lowest BCUT2D eigenvalue weighted by atomic mass is 9.87. The van der Waals surface area contributed by atoms with Gasteiger partial charge >= 0.3 is 0 Å². The highest BCUT2D eigenvalue weighted by Crippen LogP contribution is 2.41. The molecule has 1 aliphatic carbocycles.